The van der Waals surface area contributed by atoms with Crippen LogP contribution in [0.15, 0.2) is 48.7 Å². The smallest absolute Gasteiger partial charge is 0.152 e. The van der Waals surface area contributed by atoms with Crippen molar-refractivity contribution in [1.82, 2.24) is 4.73 Å². The van der Waals surface area contributed by atoms with E-state index in [9.17, 15) is 4.79 Å². The van der Waals surface area contributed by atoms with Gasteiger partial charge in [0.15, 0.2) is 6.29 Å². The second-order valence-corrected chi connectivity index (χ2v) is 5.46. The van der Waals surface area contributed by atoms with E-state index in [0.29, 0.717) is 22.2 Å². The Kier molecular flexibility index (Phi) is 3.86. The highest BCUT2D eigenvalue weighted by atomic mass is 35.5. The Morgan fingerprint density at radius 3 is 2.48 bits per heavy atom. The minimum Gasteiger partial charge on any atom is -0.409 e. The number of aldehydes is 1. The molecule has 0 fully saturated rings. The minimum absolute atomic E-state index is 0.377. The molecule has 3 nitrogen and oxygen atoms in total. The zero-order valence-electron chi connectivity index (χ0n) is 10.9. The van der Waals surface area contributed by atoms with Gasteiger partial charge in [0.1, 0.15) is 6.61 Å². The fourth-order valence-corrected chi connectivity index (χ4v) is 2.42. The summed E-state index contributed by atoms with van der Waals surface area (Å²) in [5, 5.41) is 2.04. The summed E-state index contributed by atoms with van der Waals surface area (Å²) >= 11 is 11.8. The maximum Gasteiger partial charge on any atom is 0.152 e. The molecule has 0 aliphatic carbocycles. The summed E-state index contributed by atoms with van der Waals surface area (Å²) in [6.45, 7) is 0.377. The van der Waals surface area contributed by atoms with E-state index in [1.165, 1.54) is 0 Å². The van der Waals surface area contributed by atoms with Crippen LogP contribution in [0.25, 0.3) is 10.9 Å². The Bertz CT molecular complexity index is 794. The van der Waals surface area contributed by atoms with E-state index in [4.69, 9.17) is 28.0 Å². The van der Waals surface area contributed by atoms with E-state index in [2.05, 4.69) is 0 Å². The van der Waals surface area contributed by atoms with Crippen molar-refractivity contribution in [3.63, 3.8) is 0 Å². The Morgan fingerprint density at radius 2 is 1.76 bits per heavy atom. The number of hydrogen-bond donors (Lipinski definition) is 0. The Balaban J connectivity index is 1.90. The Morgan fingerprint density at radius 1 is 1.05 bits per heavy atom. The van der Waals surface area contributed by atoms with E-state index >= 15 is 0 Å². The molecule has 0 bridgehead atoms. The average Bonchev–Trinajstić information content (AvgIpc) is 2.84. The van der Waals surface area contributed by atoms with Crippen molar-refractivity contribution in [3.05, 3.63) is 69.8 Å². The van der Waals surface area contributed by atoms with Gasteiger partial charge < -0.3 is 4.84 Å². The molecule has 0 unspecified atom stereocenters. The van der Waals surface area contributed by atoms with Gasteiger partial charge >= 0.3 is 0 Å². The molecule has 0 N–H and O–H groups in total. The van der Waals surface area contributed by atoms with Gasteiger partial charge in [-0.1, -0.05) is 35.3 Å². The zero-order chi connectivity index (χ0) is 14.8. The van der Waals surface area contributed by atoms with Crippen LogP contribution in [-0.4, -0.2) is 11.0 Å². The normalized spacial score (nSPS) is 10.8. The second-order valence-electron chi connectivity index (χ2n) is 4.59. The number of rotatable bonds is 4. The van der Waals surface area contributed by atoms with Crippen LogP contribution in [0, 0.1) is 0 Å². The van der Waals surface area contributed by atoms with Crippen LogP contribution in [0.5, 0.6) is 0 Å². The van der Waals surface area contributed by atoms with Gasteiger partial charge in [-0.3, -0.25) is 4.79 Å². The summed E-state index contributed by atoms with van der Waals surface area (Å²) in [4.78, 5) is 16.9. The fraction of sp³-hybridized carbons (Fsp3) is 0.0625. The topological polar surface area (TPSA) is 31.2 Å². The van der Waals surface area contributed by atoms with Gasteiger partial charge in [0.25, 0.3) is 0 Å². The summed E-state index contributed by atoms with van der Waals surface area (Å²) in [5.74, 6) is 0. The molecule has 3 aromatic rings. The summed E-state index contributed by atoms with van der Waals surface area (Å²) in [5.41, 5.74) is 2.34. The van der Waals surface area contributed by atoms with Gasteiger partial charge in [0.05, 0.1) is 11.7 Å². The highest BCUT2D eigenvalue weighted by Crippen LogP contribution is 2.23. The first-order valence-electron chi connectivity index (χ1n) is 6.31. The number of hydrogen-bond acceptors (Lipinski definition) is 2. The molecule has 0 radical (unpaired) electrons. The van der Waals surface area contributed by atoms with Crippen molar-refractivity contribution in [2.75, 3.05) is 0 Å². The molecular weight excluding hydrogens is 309 g/mol. The lowest BCUT2D eigenvalue weighted by Crippen LogP contribution is -2.09. The van der Waals surface area contributed by atoms with Gasteiger partial charge in [-0.15, -0.1) is 0 Å². The van der Waals surface area contributed by atoms with Crippen LogP contribution < -0.4 is 4.84 Å². The third kappa shape index (κ3) is 2.89. The molecule has 5 heteroatoms. The van der Waals surface area contributed by atoms with Gasteiger partial charge in [0.2, 0.25) is 0 Å². The SMILES string of the molecule is O=Cc1cn(OCc2ccc(Cl)cc2)c2ccc(Cl)cc12. The standard InChI is InChI=1S/C16H11Cl2NO2/c17-13-3-1-11(2-4-13)10-21-19-8-12(9-20)15-7-14(18)5-6-16(15)19/h1-9H,10H2. The molecule has 1 heterocycles. The molecule has 0 atom stereocenters. The highest BCUT2D eigenvalue weighted by molar-refractivity contribution is 6.31. The minimum atomic E-state index is 0.377. The molecule has 0 spiro atoms. The number of carbonyl (C=O) groups is 1. The predicted molar refractivity (Wildman–Crippen MR) is 84.1 cm³/mol. The third-order valence-corrected chi connectivity index (χ3v) is 3.66. The summed E-state index contributed by atoms with van der Waals surface area (Å²) < 4.78 is 1.59. The highest BCUT2D eigenvalue weighted by Gasteiger charge is 2.09. The molecule has 21 heavy (non-hydrogen) atoms. The van der Waals surface area contributed by atoms with E-state index in [-0.39, 0.29) is 0 Å². The van der Waals surface area contributed by atoms with Crippen LogP contribution in [-0.2, 0) is 6.61 Å². The van der Waals surface area contributed by atoms with Crippen molar-refractivity contribution in [1.29, 1.82) is 0 Å². The molecule has 3 rings (SSSR count). The zero-order valence-corrected chi connectivity index (χ0v) is 12.4. The van der Waals surface area contributed by atoms with E-state index in [1.54, 1.807) is 23.1 Å². The number of aromatic nitrogens is 1. The van der Waals surface area contributed by atoms with Crippen LogP contribution in [0.2, 0.25) is 10.0 Å². The number of halogens is 2. The first-order valence-corrected chi connectivity index (χ1v) is 7.06. The first kappa shape index (κ1) is 14.0. The van der Waals surface area contributed by atoms with Gasteiger partial charge in [-0.05, 0) is 35.9 Å². The van der Waals surface area contributed by atoms with E-state index < -0.39 is 0 Å². The van der Waals surface area contributed by atoms with E-state index in [1.807, 2.05) is 30.3 Å². The average molecular weight is 320 g/mol. The maximum atomic E-state index is 11.1. The monoisotopic (exact) mass is 319 g/mol. The first-order chi connectivity index (χ1) is 10.2. The number of benzene rings is 2. The van der Waals surface area contributed by atoms with Crippen LogP contribution in [0.1, 0.15) is 15.9 Å². The molecule has 0 aliphatic heterocycles. The molecule has 0 saturated heterocycles. The van der Waals surface area contributed by atoms with Crippen molar-refractivity contribution in [2.24, 2.45) is 0 Å². The molecule has 1 aromatic heterocycles. The van der Waals surface area contributed by atoms with E-state index in [0.717, 1.165) is 22.8 Å². The maximum absolute atomic E-state index is 11.1. The van der Waals surface area contributed by atoms with Crippen LogP contribution in [0.3, 0.4) is 0 Å². The third-order valence-electron chi connectivity index (χ3n) is 3.17. The number of carbonyl (C=O) groups excluding carboxylic acids is 1. The lowest BCUT2D eigenvalue weighted by atomic mass is 10.2. The second kappa shape index (κ2) is 5.80. The molecular formula is C16H11Cl2NO2. The lowest BCUT2D eigenvalue weighted by Gasteiger charge is -2.08. The molecule has 106 valence electrons. The van der Waals surface area contributed by atoms with Crippen LogP contribution in [0.4, 0.5) is 0 Å². The molecule has 2 aromatic carbocycles. The predicted octanol–water partition coefficient (Wildman–Crippen LogP) is 4.39. The summed E-state index contributed by atoms with van der Waals surface area (Å²) in [6.07, 6.45) is 2.45. The van der Waals surface area contributed by atoms with Gasteiger partial charge in [-0.2, -0.15) is 4.73 Å². The quantitative estimate of drug-likeness (QED) is 0.668. The number of nitrogens with zero attached hydrogens (tertiary/aromatic N) is 1. The number of fused-ring (bicyclic) bond motifs is 1. The van der Waals surface area contributed by atoms with Crippen molar-refractivity contribution in [2.45, 2.75) is 6.61 Å². The van der Waals surface area contributed by atoms with Crippen molar-refractivity contribution < 1.29 is 9.63 Å². The fourth-order valence-electron chi connectivity index (χ4n) is 2.12. The molecule has 0 amide bonds. The largest absolute Gasteiger partial charge is 0.409 e. The van der Waals surface area contributed by atoms with Gasteiger partial charge in [0, 0.05) is 21.0 Å². The van der Waals surface area contributed by atoms with Crippen LogP contribution >= 0.6 is 23.2 Å². The summed E-state index contributed by atoms with van der Waals surface area (Å²) in [7, 11) is 0. The Labute approximate surface area is 131 Å². The van der Waals surface area contributed by atoms with Gasteiger partial charge in [-0.25, -0.2) is 0 Å². The summed E-state index contributed by atoms with van der Waals surface area (Å²) in [6, 6.07) is 12.8. The molecule has 0 saturated carbocycles. The van der Waals surface area contributed by atoms with Crippen molar-refractivity contribution in [3.8, 4) is 0 Å². The molecule has 0 aliphatic rings. The Hall–Kier alpha value is -1.97. The lowest BCUT2D eigenvalue weighted by molar-refractivity contribution is 0.105. The van der Waals surface area contributed by atoms with Crippen molar-refractivity contribution >= 4 is 40.4 Å².